The van der Waals surface area contributed by atoms with Crippen LogP contribution in [0.1, 0.15) is 16.8 Å². The van der Waals surface area contributed by atoms with Crippen molar-refractivity contribution in [3.05, 3.63) is 30.0 Å². The number of amides is 2. The summed E-state index contributed by atoms with van der Waals surface area (Å²) in [6.45, 7) is 2.05. The topological polar surface area (TPSA) is 87.3 Å². The fourth-order valence-corrected chi connectivity index (χ4v) is 4.04. The smallest absolute Gasteiger partial charge is 0.256 e. The molecule has 7 nitrogen and oxygen atoms in total. The minimum absolute atomic E-state index is 0.00542. The lowest BCUT2D eigenvalue weighted by atomic mass is 9.73. The van der Waals surface area contributed by atoms with Gasteiger partial charge in [0.15, 0.2) is 0 Å². The van der Waals surface area contributed by atoms with E-state index in [2.05, 4.69) is 15.5 Å². The van der Waals surface area contributed by atoms with Crippen LogP contribution in [0.25, 0.3) is 10.9 Å². The van der Waals surface area contributed by atoms with Gasteiger partial charge in [0, 0.05) is 38.0 Å². The number of hydrogen-bond donors (Lipinski definition) is 2. The molecular formula is C17H20N4O3. The van der Waals surface area contributed by atoms with Crippen molar-refractivity contribution in [2.45, 2.75) is 6.42 Å². The number of ether oxygens (including phenoxy) is 1. The largest absolute Gasteiger partial charge is 0.381 e. The maximum Gasteiger partial charge on any atom is 0.256 e. The summed E-state index contributed by atoms with van der Waals surface area (Å²) in [5, 5.41) is 10.6. The zero-order valence-corrected chi connectivity index (χ0v) is 13.5. The summed E-state index contributed by atoms with van der Waals surface area (Å²) in [5.41, 5.74) is 0.795. The predicted molar refractivity (Wildman–Crippen MR) is 87.4 cm³/mol. The second-order valence-corrected chi connectivity index (χ2v) is 6.58. The highest BCUT2D eigenvalue weighted by Gasteiger charge is 2.54. The molecule has 0 radical (unpaired) electrons. The van der Waals surface area contributed by atoms with Gasteiger partial charge in [0.1, 0.15) is 0 Å². The molecule has 2 aromatic rings. The molecule has 0 bridgehead atoms. The van der Waals surface area contributed by atoms with Crippen LogP contribution in [0.2, 0.25) is 0 Å². The van der Waals surface area contributed by atoms with Gasteiger partial charge in [-0.05, 0) is 12.5 Å². The van der Waals surface area contributed by atoms with Gasteiger partial charge in [-0.25, -0.2) is 0 Å². The summed E-state index contributed by atoms with van der Waals surface area (Å²) < 4.78 is 5.56. The number of hydrogen-bond acceptors (Lipinski definition) is 4. The van der Waals surface area contributed by atoms with Gasteiger partial charge in [-0.3, -0.25) is 14.7 Å². The molecule has 0 saturated carbocycles. The first-order valence-electron chi connectivity index (χ1n) is 8.17. The lowest BCUT2D eigenvalue weighted by molar-refractivity contribution is -0.138. The van der Waals surface area contributed by atoms with Crippen LogP contribution in [0.3, 0.4) is 0 Å². The highest BCUT2D eigenvalue weighted by Crippen LogP contribution is 2.43. The number of aromatic amines is 1. The number of benzene rings is 1. The van der Waals surface area contributed by atoms with Gasteiger partial charge in [-0.15, -0.1) is 0 Å². The third-order valence-corrected chi connectivity index (χ3v) is 5.38. The molecule has 2 atom stereocenters. The molecule has 1 aromatic heterocycles. The van der Waals surface area contributed by atoms with E-state index < -0.39 is 5.41 Å². The number of nitrogens with one attached hydrogen (secondary N) is 2. The molecule has 0 unspecified atom stereocenters. The summed E-state index contributed by atoms with van der Waals surface area (Å²) in [7, 11) is 1.65. The molecule has 2 aliphatic rings. The van der Waals surface area contributed by atoms with Crippen LogP contribution in [0, 0.1) is 11.3 Å². The number of carbonyl (C=O) groups is 2. The van der Waals surface area contributed by atoms with Crippen molar-refractivity contribution in [2.75, 3.05) is 33.4 Å². The SMILES string of the molecule is CNC(=O)[C@]12CCOC[C@H]1CN(C(=O)c1cccc3cn[nH]c13)C2. The van der Waals surface area contributed by atoms with Crippen molar-refractivity contribution >= 4 is 22.7 Å². The third-order valence-electron chi connectivity index (χ3n) is 5.38. The Balaban J connectivity index is 1.67. The number of nitrogens with zero attached hydrogens (tertiary/aromatic N) is 2. The Morgan fingerprint density at radius 1 is 1.46 bits per heavy atom. The minimum Gasteiger partial charge on any atom is -0.381 e. The first-order chi connectivity index (χ1) is 11.7. The Morgan fingerprint density at radius 2 is 2.33 bits per heavy atom. The van der Waals surface area contributed by atoms with E-state index in [0.29, 0.717) is 38.3 Å². The summed E-state index contributed by atoms with van der Waals surface area (Å²) in [4.78, 5) is 27.4. The fraction of sp³-hybridized carbons (Fsp3) is 0.471. The Hall–Kier alpha value is -2.41. The van der Waals surface area contributed by atoms with Gasteiger partial charge in [0.25, 0.3) is 5.91 Å². The second-order valence-electron chi connectivity index (χ2n) is 6.58. The zero-order valence-electron chi connectivity index (χ0n) is 13.5. The molecule has 3 heterocycles. The molecule has 126 valence electrons. The van der Waals surface area contributed by atoms with Gasteiger partial charge in [-0.2, -0.15) is 5.10 Å². The average molecular weight is 328 g/mol. The number of likely N-dealkylation sites (tertiary alicyclic amines) is 1. The number of fused-ring (bicyclic) bond motifs is 2. The van der Waals surface area contributed by atoms with E-state index in [0.717, 1.165) is 10.9 Å². The van der Waals surface area contributed by atoms with E-state index in [1.165, 1.54) is 0 Å². The Bertz CT molecular complexity index is 802. The van der Waals surface area contributed by atoms with Crippen molar-refractivity contribution in [1.29, 1.82) is 0 Å². The van der Waals surface area contributed by atoms with Crippen molar-refractivity contribution < 1.29 is 14.3 Å². The zero-order chi connectivity index (χ0) is 16.7. The highest BCUT2D eigenvalue weighted by atomic mass is 16.5. The van der Waals surface area contributed by atoms with E-state index in [1.54, 1.807) is 24.2 Å². The lowest BCUT2D eigenvalue weighted by Gasteiger charge is -2.36. The van der Waals surface area contributed by atoms with Crippen LogP contribution in [-0.2, 0) is 9.53 Å². The number of carbonyl (C=O) groups excluding carboxylic acids is 2. The number of H-pyrrole nitrogens is 1. The lowest BCUT2D eigenvalue weighted by Crippen LogP contribution is -2.49. The molecular weight excluding hydrogens is 308 g/mol. The Labute approximate surface area is 139 Å². The summed E-state index contributed by atoms with van der Waals surface area (Å²) in [5.74, 6) is -0.0236. The van der Waals surface area contributed by atoms with Gasteiger partial charge in [-0.1, -0.05) is 12.1 Å². The molecule has 24 heavy (non-hydrogen) atoms. The molecule has 1 aromatic carbocycles. The fourth-order valence-electron chi connectivity index (χ4n) is 4.04. The summed E-state index contributed by atoms with van der Waals surface area (Å²) >= 11 is 0. The third kappa shape index (κ3) is 2.11. The van der Waals surface area contributed by atoms with E-state index in [1.807, 2.05) is 12.1 Å². The monoisotopic (exact) mass is 328 g/mol. The molecule has 4 rings (SSSR count). The van der Waals surface area contributed by atoms with Crippen molar-refractivity contribution in [3.63, 3.8) is 0 Å². The Kier molecular flexibility index (Phi) is 3.53. The van der Waals surface area contributed by atoms with E-state index in [4.69, 9.17) is 4.74 Å². The van der Waals surface area contributed by atoms with Crippen LogP contribution in [0.4, 0.5) is 0 Å². The van der Waals surface area contributed by atoms with Crippen LogP contribution in [0.5, 0.6) is 0 Å². The second kappa shape index (κ2) is 5.59. The standard InChI is InChI=1S/C17H20N4O3/c1-18-16(23)17-5-6-24-9-12(17)8-21(10-17)15(22)13-4-2-3-11-7-19-20-14(11)13/h2-4,7,12H,5-6,8-10H2,1H3,(H,18,23)(H,19,20)/t12-,17+/m1/s1. The average Bonchev–Trinajstić information content (AvgIpc) is 3.24. The quantitative estimate of drug-likeness (QED) is 0.853. The van der Waals surface area contributed by atoms with Crippen LogP contribution in [0.15, 0.2) is 24.4 Å². The molecule has 7 heteroatoms. The number of rotatable bonds is 2. The van der Waals surface area contributed by atoms with Gasteiger partial charge in [0.2, 0.25) is 5.91 Å². The van der Waals surface area contributed by atoms with Crippen LogP contribution in [-0.4, -0.2) is 60.3 Å². The van der Waals surface area contributed by atoms with E-state index in [9.17, 15) is 9.59 Å². The molecule has 2 fully saturated rings. The number of aromatic nitrogens is 2. The maximum atomic E-state index is 13.1. The van der Waals surface area contributed by atoms with Gasteiger partial charge < -0.3 is 15.0 Å². The normalized spacial score (nSPS) is 26.4. The first kappa shape index (κ1) is 15.1. The minimum atomic E-state index is -0.537. The highest BCUT2D eigenvalue weighted by molar-refractivity contribution is 6.05. The van der Waals surface area contributed by atoms with Crippen molar-refractivity contribution in [1.82, 2.24) is 20.4 Å². The van der Waals surface area contributed by atoms with Crippen LogP contribution >= 0.6 is 0 Å². The summed E-state index contributed by atoms with van der Waals surface area (Å²) in [6.07, 6.45) is 2.35. The van der Waals surface area contributed by atoms with Crippen LogP contribution < -0.4 is 5.32 Å². The maximum absolute atomic E-state index is 13.1. The summed E-state index contributed by atoms with van der Waals surface area (Å²) in [6, 6.07) is 5.57. The number of para-hydroxylation sites is 1. The Morgan fingerprint density at radius 3 is 3.17 bits per heavy atom. The molecule has 2 N–H and O–H groups in total. The van der Waals surface area contributed by atoms with E-state index in [-0.39, 0.29) is 17.7 Å². The first-order valence-corrected chi connectivity index (χ1v) is 8.17. The molecule has 0 spiro atoms. The molecule has 2 aliphatic heterocycles. The molecule has 2 saturated heterocycles. The molecule has 0 aliphatic carbocycles. The van der Waals surface area contributed by atoms with Crippen molar-refractivity contribution in [2.24, 2.45) is 11.3 Å². The van der Waals surface area contributed by atoms with Gasteiger partial charge in [0.05, 0.1) is 29.3 Å². The molecule has 2 amide bonds. The van der Waals surface area contributed by atoms with Gasteiger partial charge >= 0.3 is 0 Å². The van der Waals surface area contributed by atoms with Crippen molar-refractivity contribution in [3.8, 4) is 0 Å². The predicted octanol–water partition coefficient (Wildman–Crippen LogP) is 0.788. The van der Waals surface area contributed by atoms with E-state index >= 15 is 0 Å².